The molecule has 0 fully saturated rings. The third-order valence-corrected chi connectivity index (χ3v) is 8.30. The van der Waals surface area contributed by atoms with E-state index in [0.29, 0.717) is 23.5 Å². The van der Waals surface area contributed by atoms with Crippen molar-refractivity contribution in [3.05, 3.63) is 89.7 Å². The van der Waals surface area contributed by atoms with Crippen LogP contribution in [0.5, 0.6) is 5.75 Å². The van der Waals surface area contributed by atoms with E-state index in [1.807, 2.05) is 13.8 Å². The number of methoxy groups -OCH3 is 1. The van der Waals surface area contributed by atoms with E-state index in [1.54, 1.807) is 31.2 Å². The summed E-state index contributed by atoms with van der Waals surface area (Å²) in [5.74, 6) is -0.877. The summed E-state index contributed by atoms with van der Waals surface area (Å²) in [6, 6.07) is 17.4. The van der Waals surface area contributed by atoms with Gasteiger partial charge in [0.15, 0.2) is 0 Å². The van der Waals surface area contributed by atoms with Gasteiger partial charge in [0.2, 0.25) is 11.8 Å². The first kappa shape index (κ1) is 30.6. The van der Waals surface area contributed by atoms with Crippen molar-refractivity contribution in [3.63, 3.8) is 0 Å². The highest BCUT2D eigenvalue weighted by atomic mass is 32.2. The lowest BCUT2D eigenvalue weighted by atomic mass is 10.1. The number of nitrogens with one attached hydrogen (secondary N) is 1. The first-order chi connectivity index (χ1) is 19.1. The molecule has 3 aromatic rings. The summed E-state index contributed by atoms with van der Waals surface area (Å²) < 4.78 is 47.4. The molecule has 10 heteroatoms. The van der Waals surface area contributed by atoms with Crippen molar-refractivity contribution in [2.75, 3.05) is 24.5 Å². The molecule has 0 aliphatic heterocycles. The highest BCUT2D eigenvalue weighted by Crippen LogP contribution is 2.26. The van der Waals surface area contributed by atoms with Crippen molar-refractivity contribution in [1.82, 2.24) is 10.2 Å². The quantitative estimate of drug-likeness (QED) is 0.302. The molecule has 0 aliphatic carbocycles. The standard InChI is InChI=1S/C30H36FN3O5S/c1-5-6-19-32-30(36)23(3)33(20-24-9-11-25(31)12-10-24)29(35)21-34(26-13-7-22(2)8-14-26)40(37,38)28-17-15-27(39-4)16-18-28/h7-18,23H,5-6,19-21H2,1-4H3,(H,32,36)/t23-/m0/s1. The highest BCUT2D eigenvalue weighted by Gasteiger charge is 2.32. The molecule has 3 aromatic carbocycles. The van der Waals surface area contributed by atoms with Gasteiger partial charge >= 0.3 is 0 Å². The summed E-state index contributed by atoms with van der Waals surface area (Å²) in [6.07, 6.45) is 1.67. The Labute approximate surface area is 235 Å². The molecule has 0 aromatic heterocycles. The fraction of sp³-hybridized carbons (Fsp3) is 0.333. The fourth-order valence-corrected chi connectivity index (χ4v) is 5.43. The highest BCUT2D eigenvalue weighted by molar-refractivity contribution is 7.92. The van der Waals surface area contributed by atoms with Gasteiger partial charge in [-0.15, -0.1) is 0 Å². The SMILES string of the molecule is CCCCNC(=O)[C@H](C)N(Cc1ccc(F)cc1)C(=O)CN(c1ccc(C)cc1)S(=O)(=O)c1ccc(OC)cc1. The van der Waals surface area contributed by atoms with Crippen LogP contribution in [0.3, 0.4) is 0 Å². The molecule has 0 spiro atoms. The van der Waals surface area contributed by atoms with Gasteiger partial charge in [-0.3, -0.25) is 13.9 Å². The summed E-state index contributed by atoms with van der Waals surface area (Å²) in [4.78, 5) is 28.1. The number of hydrogen-bond acceptors (Lipinski definition) is 5. The lowest BCUT2D eigenvalue weighted by molar-refractivity contribution is -0.139. The molecule has 0 saturated carbocycles. The van der Waals surface area contributed by atoms with Gasteiger partial charge in [-0.2, -0.15) is 0 Å². The number of halogens is 1. The Morgan fingerprint density at radius 3 is 2.17 bits per heavy atom. The van der Waals surface area contributed by atoms with Crippen LogP contribution < -0.4 is 14.4 Å². The number of ether oxygens (including phenoxy) is 1. The fourth-order valence-electron chi connectivity index (χ4n) is 4.02. The summed E-state index contributed by atoms with van der Waals surface area (Å²) in [5, 5.41) is 2.84. The number of hydrogen-bond donors (Lipinski definition) is 1. The van der Waals surface area contributed by atoms with E-state index in [4.69, 9.17) is 4.74 Å². The van der Waals surface area contributed by atoms with Gasteiger partial charge in [0.1, 0.15) is 24.2 Å². The maximum absolute atomic E-state index is 13.9. The normalized spacial score (nSPS) is 11.9. The molecule has 0 unspecified atom stereocenters. The van der Waals surface area contributed by atoms with E-state index in [0.717, 1.165) is 22.7 Å². The van der Waals surface area contributed by atoms with Gasteiger partial charge in [-0.1, -0.05) is 43.2 Å². The number of carbonyl (C=O) groups is 2. The second kappa shape index (κ2) is 13.9. The van der Waals surface area contributed by atoms with Crippen molar-refractivity contribution in [2.24, 2.45) is 0 Å². The zero-order valence-electron chi connectivity index (χ0n) is 23.3. The zero-order chi connectivity index (χ0) is 29.3. The molecule has 1 N–H and O–H groups in total. The third-order valence-electron chi connectivity index (χ3n) is 6.51. The Kier molecular flexibility index (Phi) is 10.7. The number of sulfonamides is 1. The number of unbranched alkanes of at least 4 members (excludes halogenated alkanes) is 1. The van der Waals surface area contributed by atoms with Crippen LogP contribution in [0.25, 0.3) is 0 Å². The van der Waals surface area contributed by atoms with Gasteiger partial charge in [0.25, 0.3) is 10.0 Å². The molecule has 0 aliphatic rings. The van der Waals surface area contributed by atoms with Crippen molar-refractivity contribution in [3.8, 4) is 5.75 Å². The predicted octanol–water partition coefficient (Wildman–Crippen LogP) is 4.67. The van der Waals surface area contributed by atoms with Gasteiger partial charge in [0, 0.05) is 13.1 Å². The zero-order valence-corrected chi connectivity index (χ0v) is 24.1. The third kappa shape index (κ3) is 7.81. The second-order valence-corrected chi connectivity index (χ2v) is 11.4. The van der Waals surface area contributed by atoms with Crippen LogP contribution in [-0.4, -0.2) is 51.4 Å². The van der Waals surface area contributed by atoms with E-state index in [1.165, 1.54) is 60.5 Å². The molecule has 0 saturated heterocycles. The first-order valence-corrected chi connectivity index (χ1v) is 14.6. The Bertz CT molecular complexity index is 1380. The van der Waals surface area contributed by atoms with Crippen LogP contribution in [0, 0.1) is 12.7 Å². The van der Waals surface area contributed by atoms with Crippen LogP contribution in [0.2, 0.25) is 0 Å². The maximum atomic E-state index is 13.9. The average molecular weight is 570 g/mol. The number of rotatable bonds is 13. The van der Waals surface area contributed by atoms with Gasteiger partial charge in [-0.25, -0.2) is 12.8 Å². The minimum absolute atomic E-state index is 0.00814. The topological polar surface area (TPSA) is 96.0 Å². The summed E-state index contributed by atoms with van der Waals surface area (Å²) in [5.41, 5.74) is 1.83. The number of anilines is 1. The molecule has 2 amide bonds. The number of nitrogens with zero attached hydrogens (tertiary/aromatic N) is 2. The Balaban J connectivity index is 1.99. The molecule has 1 atom stereocenters. The largest absolute Gasteiger partial charge is 0.497 e. The van der Waals surface area contributed by atoms with Crippen molar-refractivity contribution >= 4 is 27.5 Å². The summed E-state index contributed by atoms with van der Waals surface area (Å²) in [7, 11) is -2.70. The van der Waals surface area contributed by atoms with Crippen LogP contribution in [0.15, 0.2) is 77.7 Å². The molecule has 8 nitrogen and oxygen atoms in total. The minimum Gasteiger partial charge on any atom is -0.497 e. The Morgan fingerprint density at radius 1 is 0.975 bits per heavy atom. The van der Waals surface area contributed by atoms with Crippen molar-refractivity contribution in [2.45, 2.75) is 51.1 Å². The van der Waals surface area contributed by atoms with Crippen molar-refractivity contribution < 1.29 is 27.1 Å². The average Bonchev–Trinajstić information content (AvgIpc) is 2.95. The summed E-state index contributed by atoms with van der Waals surface area (Å²) in [6.45, 7) is 5.37. The molecule has 3 rings (SSSR count). The summed E-state index contributed by atoms with van der Waals surface area (Å²) >= 11 is 0. The number of aryl methyl sites for hydroxylation is 1. The predicted molar refractivity (Wildman–Crippen MR) is 153 cm³/mol. The van der Waals surface area contributed by atoms with Crippen molar-refractivity contribution in [1.29, 1.82) is 0 Å². The van der Waals surface area contributed by atoms with E-state index in [9.17, 15) is 22.4 Å². The lowest BCUT2D eigenvalue weighted by Crippen LogP contribution is -2.51. The number of benzene rings is 3. The van der Waals surface area contributed by atoms with Crippen LogP contribution >= 0.6 is 0 Å². The molecule has 40 heavy (non-hydrogen) atoms. The monoisotopic (exact) mass is 569 g/mol. The number of amides is 2. The van der Waals surface area contributed by atoms with Crippen LogP contribution in [0.4, 0.5) is 10.1 Å². The van der Waals surface area contributed by atoms with Gasteiger partial charge in [0.05, 0.1) is 17.7 Å². The molecular weight excluding hydrogens is 533 g/mol. The van der Waals surface area contributed by atoms with E-state index in [2.05, 4.69) is 5.32 Å². The van der Waals surface area contributed by atoms with Crippen LogP contribution in [0.1, 0.15) is 37.8 Å². The minimum atomic E-state index is -4.18. The molecule has 0 bridgehead atoms. The van der Waals surface area contributed by atoms with Gasteiger partial charge in [-0.05, 0) is 74.4 Å². The Hall–Kier alpha value is -3.92. The molecule has 214 valence electrons. The van der Waals surface area contributed by atoms with E-state index < -0.39 is 34.3 Å². The molecular formula is C30H36FN3O5S. The number of carbonyl (C=O) groups excluding carboxylic acids is 2. The smallest absolute Gasteiger partial charge is 0.264 e. The Morgan fingerprint density at radius 2 is 1.60 bits per heavy atom. The second-order valence-electron chi connectivity index (χ2n) is 9.49. The lowest BCUT2D eigenvalue weighted by Gasteiger charge is -2.32. The first-order valence-electron chi connectivity index (χ1n) is 13.1. The van der Waals surface area contributed by atoms with Crippen LogP contribution in [-0.2, 0) is 26.2 Å². The molecule has 0 radical (unpaired) electrons. The molecule has 0 heterocycles. The van der Waals surface area contributed by atoms with E-state index in [-0.39, 0.29) is 17.3 Å². The maximum Gasteiger partial charge on any atom is 0.264 e. The van der Waals surface area contributed by atoms with Gasteiger partial charge < -0.3 is 15.0 Å². The van der Waals surface area contributed by atoms with E-state index >= 15 is 0 Å².